The van der Waals surface area contributed by atoms with Gasteiger partial charge < -0.3 is 31.9 Å². The maximum absolute atomic E-state index is 13.6. The van der Waals surface area contributed by atoms with Gasteiger partial charge in [0, 0.05) is 12.8 Å². The summed E-state index contributed by atoms with van der Waals surface area (Å²) in [6, 6.07) is 20.1. The number of phenolic OH excluding ortho intramolecular Hbond substituents is 1. The minimum Gasteiger partial charge on any atom is -0.508 e. The molecule has 3 aromatic rings. The normalized spacial score (nSPS) is 13.8. The molecule has 3 rings (SSSR count). The van der Waals surface area contributed by atoms with Crippen molar-refractivity contribution < 1.29 is 29.4 Å². The predicted molar refractivity (Wildman–Crippen MR) is 163 cm³/mol. The van der Waals surface area contributed by atoms with Gasteiger partial charge in [-0.15, -0.1) is 0 Å². The molecule has 43 heavy (non-hydrogen) atoms. The molecule has 10 heteroatoms. The van der Waals surface area contributed by atoms with E-state index in [1.807, 2.05) is 50.2 Å². The Morgan fingerprint density at radius 1 is 0.628 bits per heavy atom. The van der Waals surface area contributed by atoms with Crippen LogP contribution >= 0.6 is 0 Å². The number of carbonyl (C=O) groups is 4. The number of nitrogens with two attached hydrogens (primary N) is 1. The Bertz CT molecular complexity index is 1350. The molecule has 0 spiro atoms. The van der Waals surface area contributed by atoms with Crippen LogP contribution in [0.5, 0.6) is 5.75 Å². The van der Waals surface area contributed by atoms with Gasteiger partial charge in [-0.3, -0.25) is 14.4 Å². The summed E-state index contributed by atoms with van der Waals surface area (Å²) in [5.41, 5.74) is 8.43. The zero-order valence-corrected chi connectivity index (χ0v) is 24.4. The number of carbonyl (C=O) groups excluding carboxylic acids is 3. The summed E-state index contributed by atoms with van der Waals surface area (Å²) in [6.45, 7) is 3.77. The first-order valence-electron chi connectivity index (χ1n) is 14.3. The molecule has 0 saturated heterocycles. The van der Waals surface area contributed by atoms with Crippen LogP contribution in [0.4, 0.5) is 0 Å². The monoisotopic (exact) mass is 588 g/mol. The van der Waals surface area contributed by atoms with Crippen molar-refractivity contribution in [1.82, 2.24) is 16.0 Å². The van der Waals surface area contributed by atoms with Gasteiger partial charge in [0.25, 0.3) is 0 Å². The summed E-state index contributed by atoms with van der Waals surface area (Å²) in [7, 11) is 0. The van der Waals surface area contributed by atoms with E-state index in [1.54, 1.807) is 36.4 Å². The number of carboxylic acids is 1. The minimum atomic E-state index is -1.20. The molecule has 10 nitrogen and oxygen atoms in total. The lowest BCUT2D eigenvalue weighted by Crippen LogP contribution is -2.58. The summed E-state index contributed by atoms with van der Waals surface area (Å²) in [5.74, 6) is -2.87. The van der Waals surface area contributed by atoms with E-state index in [9.17, 15) is 29.4 Å². The molecular weight excluding hydrogens is 548 g/mol. The number of aliphatic carboxylic acids is 1. The average molecular weight is 589 g/mol. The van der Waals surface area contributed by atoms with Crippen LogP contribution in [0.3, 0.4) is 0 Å². The Morgan fingerprint density at radius 2 is 1.07 bits per heavy atom. The number of hydrogen-bond donors (Lipinski definition) is 6. The lowest BCUT2D eigenvalue weighted by atomic mass is 9.99. The van der Waals surface area contributed by atoms with Gasteiger partial charge in [-0.1, -0.05) is 86.6 Å². The highest BCUT2D eigenvalue weighted by Crippen LogP contribution is 2.12. The van der Waals surface area contributed by atoms with Crippen LogP contribution in [0.25, 0.3) is 0 Å². The number of hydrogen-bond acceptors (Lipinski definition) is 6. The van der Waals surface area contributed by atoms with Gasteiger partial charge in [-0.25, -0.2) is 4.79 Å². The Balaban J connectivity index is 1.75. The molecule has 0 aromatic heterocycles. The largest absolute Gasteiger partial charge is 0.508 e. The van der Waals surface area contributed by atoms with Crippen molar-refractivity contribution in [3.05, 3.63) is 102 Å². The molecule has 0 heterocycles. The van der Waals surface area contributed by atoms with Crippen molar-refractivity contribution in [2.75, 3.05) is 0 Å². The van der Waals surface area contributed by atoms with Gasteiger partial charge in [0.2, 0.25) is 17.7 Å². The fourth-order valence-electron chi connectivity index (χ4n) is 4.61. The van der Waals surface area contributed by atoms with E-state index in [1.165, 1.54) is 12.1 Å². The number of carboxylic acid groups (broad SMARTS) is 1. The van der Waals surface area contributed by atoms with E-state index in [-0.39, 0.29) is 37.4 Å². The zero-order chi connectivity index (χ0) is 31.4. The SMILES string of the molecule is CC(C)CC(NC(=O)C(Cc1ccccc1)NC(=O)C(N)Cc1ccc(O)cc1)C(=O)NC(Cc1ccccc1)C(=O)O. The standard InChI is InChI=1S/C33H40N4O6/c1-21(2)17-27(31(40)37-29(33(42)43)20-23-11-7-4-8-12-23)36-32(41)28(19-22-9-5-3-6-10-22)35-30(39)26(34)18-24-13-15-25(38)16-14-24/h3-16,21,26-29,38H,17-20,34H2,1-2H3,(H,35,39)(H,36,41)(H,37,40)(H,42,43). The van der Waals surface area contributed by atoms with Crippen molar-refractivity contribution in [3.63, 3.8) is 0 Å². The first kappa shape index (κ1) is 32.8. The second-order valence-corrected chi connectivity index (χ2v) is 11.0. The quantitative estimate of drug-likeness (QED) is 0.158. The maximum atomic E-state index is 13.6. The lowest BCUT2D eigenvalue weighted by molar-refractivity contribution is -0.142. The molecule has 0 aliphatic carbocycles. The number of amides is 3. The fourth-order valence-corrected chi connectivity index (χ4v) is 4.61. The van der Waals surface area contributed by atoms with Gasteiger partial charge in [0.15, 0.2) is 0 Å². The van der Waals surface area contributed by atoms with Gasteiger partial charge in [0.05, 0.1) is 6.04 Å². The van der Waals surface area contributed by atoms with Crippen molar-refractivity contribution >= 4 is 23.7 Å². The Hall–Kier alpha value is -4.70. The highest BCUT2D eigenvalue weighted by Gasteiger charge is 2.31. The van der Waals surface area contributed by atoms with Gasteiger partial charge in [0.1, 0.15) is 23.9 Å². The van der Waals surface area contributed by atoms with E-state index < -0.39 is 47.9 Å². The highest BCUT2D eigenvalue weighted by molar-refractivity contribution is 5.94. The third kappa shape index (κ3) is 10.9. The molecule has 0 aliphatic heterocycles. The van der Waals surface area contributed by atoms with Crippen LogP contribution in [0.2, 0.25) is 0 Å². The average Bonchev–Trinajstić information content (AvgIpc) is 2.98. The number of nitrogens with one attached hydrogen (secondary N) is 3. The second kappa shape index (κ2) is 16.1. The topological polar surface area (TPSA) is 171 Å². The van der Waals surface area contributed by atoms with E-state index in [2.05, 4.69) is 16.0 Å². The van der Waals surface area contributed by atoms with Crippen molar-refractivity contribution in [1.29, 1.82) is 0 Å². The van der Waals surface area contributed by atoms with Crippen LogP contribution < -0.4 is 21.7 Å². The van der Waals surface area contributed by atoms with Crippen LogP contribution in [-0.2, 0) is 38.4 Å². The Kier molecular flexibility index (Phi) is 12.3. The lowest BCUT2D eigenvalue weighted by Gasteiger charge is -2.26. The van der Waals surface area contributed by atoms with Crippen LogP contribution in [0, 0.1) is 5.92 Å². The summed E-state index contributed by atoms with van der Waals surface area (Å²) in [6.07, 6.45) is 0.658. The van der Waals surface area contributed by atoms with E-state index >= 15 is 0 Å². The van der Waals surface area contributed by atoms with Crippen molar-refractivity contribution in [2.24, 2.45) is 11.7 Å². The predicted octanol–water partition coefficient (Wildman–Crippen LogP) is 2.33. The summed E-state index contributed by atoms with van der Waals surface area (Å²) in [5, 5.41) is 27.4. The molecule has 7 N–H and O–H groups in total. The number of benzene rings is 3. The molecule has 0 fully saturated rings. The maximum Gasteiger partial charge on any atom is 0.326 e. The zero-order valence-electron chi connectivity index (χ0n) is 24.4. The van der Waals surface area contributed by atoms with E-state index in [0.717, 1.165) is 16.7 Å². The molecule has 0 saturated carbocycles. The first-order chi connectivity index (χ1) is 20.5. The van der Waals surface area contributed by atoms with Gasteiger partial charge in [-0.2, -0.15) is 0 Å². The van der Waals surface area contributed by atoms with Crippen LogP contribution in [0.1, 0.15) is 37.0 Å². The fraction of sp³-hybridized carbons (Fsp3) is 0.333. The summed E-state index contributed by atoms with van der Waals surface area (Å²) in [4.78, 5) is 52.0. The van der Waals surface area contributed by atoms with Crippen LogP contribution in [-0.4, -0.2) is 58.1 Å². The third-order valence-electron chi connectivity index (χ3n) is 6.88. The second-order valence-electron chi connectivity index (χ2n) is 11.0. The first-order valence-corrected chi connectivity index (χ1v) is 14.3. The molecule has 0 bridgehead atoms. The smallest absolute Gasteiger partial charge is 0.326 e. The molecular formula is C33H40N4O6. The molecule has 3 aromatic carbocycles. The number of rotatable bonds is 15. The van der Waals surface area contributed by atoms with Crippen molar-refractivity contribution in [2.45, 2.75) is 63.7 Å². The Labute approximate surface area is 251 Å². The molecule has 4 unspecified atom stereocenters. The third-order valence-corrected chi connectivity index (χ3v) is 6.88. The highest BCUT2D eigenvalue weighted by atomic mass is 16.4. The summed E-state index contributed by atoms with van der Waals surface area (Å²) < 4.78 is 0. The summed E-state index contributed by atoms with van der Waals surface area (Å²) >= 11 is 0. The van der Waals surface area contributed by atoms with Crippen molar-refractivity contribution in [3.8, 4) is 5.75 Å². The van der Waals surface area contributed by atoms with E-state index in [4.69, 9.17) is 5.73 Å². The van der Waals surface area contributed by atoms with Gasteiger partial charge in [-0.05, 0) is 47.6 Å². The number of aromatic hydroxyl groups is 1. The molecule has 228 valence electrons. The number of phenols is 1. The molecule has 3 amide bonds. The minimum absolute atomic E-state index is 0.00523. The van der Waals surface area contributed by atoms with Crippen LogP contribution in [0.15, 0.2) is 84.9 Å². The van der Waals surface area contributed by atoms with Gasteiger partial charge >= 0.3 is 5.97 Å². The Morgan fingerprint density at radius 3 is 1.58 bits per heavy atom. The molecule has 4 atom stereocenters. The van der Waals surface area contributed by atoms with E-state index in [0.29, 0.717) is 0 Å². The molecule has 0 aliphatic rings. The molecule has 0 radical (unpaired) electrons.